The maximum absolute atomic E-state index is 2.72. The standard InChI is InChI=1S/C25H25.C11H17.C9H10.Zr/c1-14-12-24(3,4)22-8-16-7-17-9-23-19(15(2)13-25(23,5)6)11-21(17)20(16)10-18(14)22;1-8-6-9(2)10(7-8)11(3,4)5;1-2-6-9-7-4-3-5-8-9;/h7-13H,1-6H3;7-8H,1-5H3;3-5,7-8H,2H2,1H3;. The van der Waals surface area contributed by atoms with Gasteiger partial charge in [-0.15, -0.1) is 0 Å². The van der Waals surface area contributed by atoms with E-state index in [1.807, 2.05) is 3.28 Å². The van der Waals surface area contributed by atoms with E-state index in [1.54, 1.807) is 25.5 Å². The van der Waals surface area contributed by atoms with Gasteiger partial charge in [-0.3, -0.25) is 0 Å². The van der Waals surface area contributed by atoms with Crippen molar-refractivity contribution in [3.8, 4) is 11.1 Å². The fraction of sp³-hybridized carbons (Fsp3) is 0.400. The van der Waals surface area contributed by atoms with Gasteiger partial charge >= 0.3 is 288 Å². The summed E-state index contributed by atoms with van der Waals surface area (Å²) in [5.41, 5.74) is 19.9. The van der Waals surface area contributed by atoms with Crippen molar-refractivity contribution in [2.45, 2.75) is 104 Å². The van der Waals surface area contributed by atoms with Crippen molar-refractivity contribution in [1.29, 1.82) is 0 Å². The van der Waals surface area contributed by atoms with E-state index in [-0.39, 0.29) is 16.2 Å². The minimum absolute atomic E-state index is 0.0495. The summed E-state index contributed by atoms with van der Waals surface area (Å²) in [4.78, 5) is 0. The monoisotopic (exact) mass is 682 g/mol. The fourth-order valence-electron chi connectivity index (χ4n) is 9.65. The van der Waals surface area contributed by atoms with Crippen LogP contribution in [0.2, 0.25) is 0 Å². The molecule has 0 N–H and O–H groups in total. The topological polar surface area (TPSA) is 0 Å². The van der Waals surface area contributed by atoms with Gasteiger partial charge in [-0.1, -0.05) is 0 Å². The Bertz CT molecular complexity index is 1890. The maximum atomic E-state index is 2.69. The second-order valence-corrected chi connectivity index (χ2v) is 23.0. The van der Waals surface area contributed by atoms with Crippen LogP contribution in [-0.2, 0) is 32.1 Å². The molecule has 4 aliphatic rings. The van der Waals surface area contributed by atoms with Gasteiger partial charge in [0.1, 0.15) is 0 Å². The van der Waals surface area contributed by atoms with Gasteiger partial charge in [-0.05, 0) is 0 Å². The van der Waals surface area contributed by atoms with Crippen LogP contribution in [0, 0.1) is 11.3 Å². The summed E-state index contributed by atoms with van der Waals surface area (Å²) in [7, 11) is 0. The van der Waals surface area contributed by atoms with Crippen molar-refractivity contribution < 1.29 is 21.3 Å². The molecule has 236 valence electrons. The average Bonchev–Trinajstić information content (AvgIpc) is 3.61. The van der Waals surface area contributed by atoms with Crippen LogP contribution in [0.15, 0.2) is 87.3 Å². The summed E-state index contributed by atoms with van der Waals surface area (Å²) in [6, 6.07) is 22.1. The molecule has 1 unspecified atom stereocenters. The molecule has 1 atom stereocenters. The molecule has 4 aliphatic carbocycles. The fourth-order valence-corrected chi connectivity index (χ4v) is 19.6. The Labute approximate surface area is 286 Å². The molecule has 0 aromatic heterocycles. The van der Waals surface area contributed by atoms with Crippen LogP contribution < -0.4 is 0 Å². The Balaban J connectivity index is 1.61. The van der Waals surface area contributed by atoms with Gasteiger partial charge in [0.2, 0.25) is 0 Å². The first-order chi connectivity index (χ1) is 21.5. The SMILES string of the molecule is CC[C](c1ccccc1)=[Zr]([C]1=C(C)C(C(C)(C)C)=CC1C)[CH]1c2cc3c(cc2-c2cc4c(cc21)C(C)(C)C=C4C)C(C)=CC3(C)C. The second-order valence-electron chi connectivity index (χ2n) is 16.8. The van der Waals surface area contributed by atoms with E-state index in [0.717, 1.165) is 6.42 Å². The summed E-state index contributed by atoms with van der Waals surface area (Å²) < 4.78 is 4.03. The van der Waals surface area contributed by atoms with E-state index in [4.69, 9.17) is 0 Å². The summed E-state index contributed by atoms with van der Waals surface area (Å²) in [6.45, 7) is 28.9. The van der Waals surface area contributed by atoms with Crippen molar-refractivity contribution in [3.63, 3.8) is 0 Å². The van der Waals surface area contributed by atoms with Gasteiger partial charge in [0, 0.05) is 0 Å². The molecule has 0 nitrogen and oxygen atoms in total. The van der Waals surface area contributed by atoms with Crippen LogP contribution in [0.25, 0.3) is 22.3 Å². The van der Waals surface area contributed by atoms with E-state index < -0.39 is 21.3 Å². The molecule has 3 aromatic rings. The molecular weight excluding hydrogens is 632 g/mol. The summed E-state index contributed by atoms with van der Waals surface area (Å²) >= 11 is -2.72. The summed E-state index contributed by atoms with van der Waals surface area (Å²) in [6.07, 6.45) is 8.75. The molecule has 0 saturated heterocycles. The van der Waals surface area contributed by atoms with E-state index in [0.29, 0.717) is 9.54 Å². The van der Waals surface area contributed by atoms with Crippen LogP contribution in [-0.4, -0.2) is 3.21 Å². The zero-order valence-electron chi connectivity index (χ0n) is 30.3. The Kier molecular flexibility index (Phi) is 7.42. The van der Waals surface area contributed by atoms with Crippen LogP contribution >= 0.6 is 0 Å². The summed E-state index contributed by atoms with van der Waals surface area (Å²) in [5, 5.41) is 0. The predicted octanol–water partition coefficient (Wildman–Crippen LogP) is 12.3. The molecule has 0 amide bonds. The Hall–Kier alpha value is -2.63. The van der Waals surface area contributed by atoms with Crippen molar-refractivity contribution in [1.82, 2.24) is 0 Å². The van der Waals surface area contributed by atoms with Gasteiger partial charge in [0.15, 0.2) is 0 Å². The van der Waals surface area contributed by atoms with Crippen LogP contribution in [0.1, 0.15) is 132 Å². The molecule has 0 saturated carbocycles. The third kappa shape index (κ3) is 4.73. The van der Waals surface area contributed by atoms with E-state index >= 15 is 0 Å². The van der Waals surface area contributed by atoms with Gasteiger partial charge in [-0.25, -0.2) is 0 Å². The third-order valence-corrected chi connectivity index (χ3v) is 21.1. The van der Waals surface area contributed by atoms with Gasteiger partial charge in [-0.2, -0.15) is 0 Å². The number of hydrogen-bond acceptors (Lipinski definition) is 0. The second kappa shape index (κ2) is 10.7. The van der Waals surface area contributed by atoms with Crippen molar-refractivity contribution >= 4 is 14.4 Å². The van der Waals surface area contributed by atoms with Crippen molar-refractivity contribution in [3.05, 3.63) is 126 Å². The average molecular weight is 684 g/mol. The molecule has 0 heterocycles. The molecule has 0 spiro atoms. The number of benzene rings is 3. The number of fused-ring (bicyclic) bond motifs is 5. The molecule has 7 rings (SSSR count). The molecule has 0 radical (unpaired) electrons. The molecule has 0 fully saturated rings. The number of allylic oxidation sites excluding steroid dienone is 8. The van der Waals surface area contributed by atoms with Crippen molar-refractivity contribution in [2.75, 3.05) is 0 Å². The molecule has 0 bridgehead atoms. The Morgan fingerprint density at radius 3 is 1.67 bits per heavy atom. The van der Waals surface area contributed by atoms with Gasteiger partial charge in [0.25, 0.3) is 0 Å². The molecule has 46 heavy (non-hydrogen) atoms. The number of rotatable bonds is 4. The first-order valence-electron chi connectivity index (χ1n) is 17.5. The number of hydrogen-bond donors (Lipinski definition) is 0. The summed E-state index contributed by atoms with van der Waals surface area (Å²) in [5.74, 6) is 0.478. The molecule has 1 heteroatoms. The van der Waals surface area contributed by atoms with Gasteiger partial charge < -0.3 is 0 Å². The van der Waals surface area contributed by atoms with Gasteiger partial charge in [0.05, 0.1) is 0 Å². The Morgan fingerprint density at radius 1 is 0.739 bits per heavy atom. The zero-order chi connectivity index (χ0) is 33.1. The van der Waals surface area contributed by atoms with E-state index in [9.17, 15) is 0 Å². The van der Waals surface area contributed by atoms with Crippen LogP contribution in [0.3, 0.4) is 0 Å². The molecular formula is C45H52Zr. The quantitative estimate of drug-likeness (QED) is 0.257. The normalized spacial score (nSPS) is 21.4. The van der Waals surface area contributed by atoms with Crippen LogP contribution in [0.5, 0.6) is 0 Å². The first-order valence-corrected chi connectivity index (χ1v) is 21.4. The predicted molar refractivity (Wildman–Crippen MR) is 197 cm³/mol. The van der Waals surface area contributed by atoms with E-state index in [1.165, 1.54) is 50.1 Å². The minimum atomic E-state index is -2.72. The zero-order valence-corrected chi connectivity index (χ0v) is 32.7. The van der Waals surface area contributed by atoms with E-state index in [2.05, 4.69) is 156 Å². The molecule has 0 aliphatic heterocycles. The first kappa shape index (κ1) is 31.9. The van der Waals surface area contributed by atoms with Crippen molar-refractivity contribution in [2.24, 2.45) is 11.3 Å². The Morgan fingerprint density at radius 2 is 1.24 bits per heavy atom. The van der Waals surface area contributed by atoms with Crippen LogP contribution in [0.4, 0.5) is 0 Å². The third-order valence-electron chi connectivity index (χ3n) is 11.6. The molecule has 3 aromatic carbocycles.